The third-order valence-corrected chi connectivity index (χ3v) is 3.55. The van der Waals surface area contributed by atoms with Gasteiger partial charge < -0.3 is 16.4 Å². The first-order valence-electron chi connectivity index (χ1n) is 7.48. The van der Waals surface area contributed by atoms with Crippen LogP contribution in [0, 0.1) is 0 Å². The molecule has 0 heterocycles. The SMILES string of the molecule is NC(=O)CCN(Cc1ccccc1)C(=O)c1ccc(C(N)=O)cc1. The molecule has 0 atom stereocenters. The summed E-state index contributed by atoms with van der Waals surface area (Å²) in [6, 6.07) is 15.6. The number of amides is 3. The van der Waals surface area contributed by atoms with Crippen molar-refractivity contribution in [2.24, 2.45) is 11.5 Å². The molecule has 124 valence electrons. The van der Waals surface area contributed by atoms with Gasteiger partial charge in [0.1, 0.15) is 0 Å². The number of primary amides is 2. The Hall–Kier alpha value is -3.15. The van der Waals surface area contributed by atoms with Gasteiger partial charge in [-0.3, -0.25) is 14.4 Å². The number of nitrogens with zero attached hydrogens (tertiary/aromatic N) is 1. The highest BCUT2D eigenvalue weighted by Crippen LogP contribution is 2.12. The number of benzene rings is 2. The van der Waals surface area contributed by atoms with E-state index < -0.39 is 11.8 Å². The monoisotopic (exact) mass is 325 g/mol. The van der Waals surface area contributed by atoms with E-state index in [1.54, 1.807) is 17.0 Å². The average molecular weight is 325 g/mol. The Labute approximate surface area is 140 Å². The highest BCUT2D eigenvalue weighted by Gasteiger charge is 2.17. The predicted molar refractivity (Wildman–Crippen MR) is 90.0 cm³/mol. The molecule has 0 radical (unpaired) electrons. The number of rotatable bonds is 7. The third kappa shape index (κ3) is 4.67. The van der Waals surface area contributed by atoms with E-state index in [0.717, 1.165) is 5.56 Å². The van der Waals surface area contributed by atoms with Crippen LogP contribution in [0.1, 0.15) is 32.7 Å². The minimum Gasteiger partial charge on any atom is -0.370 e. The summed E-state index contributed by atoms with van der Waals surface area (Å²) in [4.78, 5) is 36.4. The molecule has 0 bridgehead atoms. The highest BCUT2D eigenvalue weighted by molar-refractivity contribution is 5.97. The topological polar surface area (TPSA) is 106 Å². The van der Waals surface area contributed by atoms with Gasteiger partial charge in [-0.15, -0.1) is 0 Å². The molecule has 2 rings (SSSR count). The Balaban J connectivity index is 2.19. The van der Waals surface area contributed by atoms with E-state index in [0.29, 0.717) is 17.7 Å². The summed E-state index contributed by atoms with van der Waals surface area (Å²) >= 11 is 0. The minimum absolute atomic E-state index is 0.0813. The van der Waals surface area contributed by atoms with Crippen molar-refractivity contribution >= 4 is 17.7 Å². The largest absolute Gasteiger partial charge is 0.370 e. The normalized spacial score (nSPS) is 10.2. The fourth-order valence-corrected chi connectivity index (χ4v) is 2.26. The lowest BCUT2D eigenvalue weighted by molar-refractivity contribution is -0.118. The first-order chi connectivity index (χ1) is 11.5. The van der Waals surface area contributed by atoms with Crippen LogP contribution in [0.2, 0.25) is 0 Å². The van der Waals surface area contributed by atoms with Gasteiger partial charge in [-0.2, -0.15) is 0 Å². The van der Waals surface area contributed by atoms with E-state index in [4.69, 9.17) is 11.5 Å². The zero-order valence-electron chi connectivity index (χ0n) is 13.1. The molecule has 0 spiro atoms. The lowest BCUT2D eigenvalue weighted by atomic mass is 10.1. The third-order valence-electron chi connectivity index (χ3n) is 3.55. The van der Waals surface area contributed by atoms with Crippen molar-refractivity contribution in [3.63, 3.8) is 0 Å². The van der Waals surface area contributed by atoms with Crippen molar-refractivity contribution in [2.45, 2.75) is 13.0 Å². The lowest BCUT2D eigenvalue weighted by Crippen LogP contribution is -2.33. The predicted octanol–water partition coefficient (Wildman–Crippen LogP) is 1.30. The Morgan fingerprint density at radius 1 is 0.833 bits per heavy atom. The molecule has 6 nitrogen and oxygen atoms in total. The standard InChI is InChI=1S/C18H19N3O3/c19-16(22)10-11-21(12-13-4-2-1-3-5-13)18(24)15-8-6-14(7-9-15)17(20)23/h1-9H,10-12H2,(H2,19,22)(H2,20,23). The Bertz CT molecular complexity index is 727. The second-order valence-electron chi connectivity index (χ2n) is 5.37. The van der Waals surface area contributed by atoms with Crippen molar-refractivity contribution in [1.29, 1.82) is 0 Å². The van der Waals surface area contributed by atoms with Gasteiger partial charge in [-0.05, 0) is 29.8 Å². The van der Waals surface area contributed by atoms with Crippen molar-refractivity contribution in [2.75, 3.05) is 6.54 Å². The summed E-state index contributed by atoms with van der Waals surface area (Å²) in [7, 11) is 0. The van der Waals surface area contributed by atoms with E-state index in [1.807, 2.05) is 30.3 Å². The molecule has 0 aliphatic carbocycles. The molecule has 0 saturated heterocycles. The minimum atomic E-state index is -0.552. The summed E-state index contributed by atoms with van der Waals surface area (Å²) in [5.74, 6) is -1.26. The van der Waals surface area contributed by atoms with Crippen molar-refractivity contribution in [3.05, 3.63) is 71.3 Å². The van der Waals surface area contributed by atoms with Crippen LogP contribution in [0.15, 0.2) is 54.6 Å². The van der Waals surface area contributed by atoms with Crippen LogP contribution in [-0.2, 0) is 11.3 Å². The summed E-state index contributed by atoms with van der Waals surface area (Å²) < 4.78 is 0. The maximum atomic E-state index is 12.7. The van der Waals surface area contributed by atoms with Crippen LogP contribution in [0.25, 0.3) is 0 Å². The maximum absolute atomic E-state index is 12.7. The first-order valence-corrected chi connectivity index (χ1v) is 7.48. The Kier molecular flexibility index (Phi) is 5.68. The van der Waals surface area contributed by atoms with Gasteiger partial charge in [0.2, 0.25) is 11.8 Å². The number of nitrogens with two attached hydrogens (primary N) is 2. The number of hydrogen-bond acceptors (Lipinski definition) is 3. The quantitative estimate of drug-likeness (QED) is 0.801. The van der Waals surface area contributed by atoms with E-state index in [9.17, 15) is 14.4 Å². The lowest BCUT2D eigenvalue weighted by Gasteiger charge is -2.22. The van der Waals surface area contributed by atoms with E-state index in [-0.39, 0.29) is 18.9 Å². The van der Waals surface area contributed by atoms with Gasteiger partial charge in [0, 0.05) is 30.6 Å². The van der Waals surface area contributed by atoms with Gasteiger partial charge in [-0.25, -0.2) is 0 Å². The van der Waals surface area contributed by atoms with E-state index in [2.05, 4.69) is 0 Å². The molecule has 24 heavy (non-hydrogen) atoms. The maximum Gasteiger partial charge on any atom is 0.254 e. The van der Waals surface area contributed by atoms with Crippen LogP contribution in [0.5, 0.6) is 0 Å². The molecule has 0 saturated carbocycles. The zero-order valence-corrected chi connectivity index (χ0v) is 13.1. The van der Waals surface area contributed by atoms with Crippen LogP contribution in [0.4, 0.5) is 0 Å². The summed E-state index contributed by atoms with van der Waals surface area (Å²) in [5.41, 5.74) is 12.1. The number of carbonyl (C=O) groups excluding carboxylic acids is 3. The molecule has 0 aliphatic rings. The molecule has 0 aliphatic heterocycles. The summed E-state index contributed by atoms with van der Waals surface area (Å²) in [6.45, 7) is 0.588. The van der Waals surface area contributed by atoms with Gasteiger partial charge in [0.25, 0.3) is 5.91 Å². The number of hydrogen-bond donors (Lipinski definition) is 2. The van der Waals surface area contributed by atoms with E-state index in [1.165, 1.54) is 12.1 Å². The summed E-state index contributed by atoms with van der Waals surface area (Å²) in [5, 5.41) is 0. The smallest absolute Gasteiger partial charge is 0.254 e. The Morgan fingerprint density at radius 2 is 1.42 bits per heavy atom. The van der Waals surface area contributed by atoms with E-state index >= 15 is 0 Å². The molecule has 2 aromatic carbocycles. The van der Waals surface area contributed by atoms with Gasteiger partial charge in [0.05, 0.1) is 0 Å². The van der Waals surface area contributed by atoms with Gasteiger partial charge in [0.15, 0.2) is 0 Å². The van der Waals surface area contributed by atoms with Crippen LogP contribution in [0.3, 0.4) is 0 Å². The van der Waals surface area contributed by atoms with Crippen molar-refractivity contribution in [1.82, 2.24) is 4.90 Å². The molecule has 6 heteroatoms. The number of carbonyl (C=O) groups is 3. The molecule has 4 N–H and O–H groups in total. The van der Waals surface area contributed by atoms with Gasteiger partial charge >= 0.3 is 0 Å². The molecule has 2 aromatic rings. The Morgan fingerprint density at radius 3 is 1.96 bits per heavy atom. The molecule has 0 unspecified atom stereocenters. The van der Waals surface area contributed by atoms with Gasteiger partial charge in [-0.1, -0.05) is 30.3 Å². The summed E-state index contributed by atoms with van der Waals surface area (Å²) in [6.07, 6.45) is 0.0813. The molecule has 0 fully saturated rings. The van der Waals surface area contributed by atoms with Crippen LogP contribution < -0.4 is 11.5 Å². The van der Waals surface area contributed by atoms with Crippen LogP contribution in [-0.4, -0.2) is 29.2 Å². The van der Waals surface area contributed by atoms with Crippen molar-refractivity contribution < 1.29 is 14.4 Å². The second-order valence-corrected chi connectivity index (χ2v) is 5.37. The molecular formula is C18H19N3O3. The molecular weight excluding hydrogens is 306 g/mol. The fraction of sp³-hybridized carbons (Fsp3) is 0.167. The average Bonchev–Trinajstić information content (AvgIpc) is 2.58. The molecule has 3 amide bonds. The molecule has 0 aromatic heterocycles. The van der Waals surface area contributed by atoms with Crippen LogP contribution >= 0.6 is 0 Å². The zero-order chi connectivity index (χ0) is 17.5. The first kappa shape index (κ1) is 17.2. The highest BCUT2D eigenvalue weighted by atomic mass is 16.2. The van der Waals surface area contributed by atoms with Crippen molar-refractivity contribution in [3.8, 4) is 0 Å². The second kappa shape index (κ2) is 7.92. The fourth-order valence-electron chi connectivity index (χ4n) is 2.26.